The standard InChI is InChI=1S/C22H24N2O8S/c1-3-29-19-13-15(14-23)5-6-17(19)32-21(25)16-9-11-24(12-10-16)33(27,28)20-8-7-18(31-20)22(26)30-4-2/h5-8,13,16H,3-4,9-12H2,1-2H3. The number of nitrogens with zero attached hydrogens (tertiary/aromatic N) is 2. The second kappa shape index (κ2) is 10.5. The molecule has 0 unspecified atom stereocenters. The van der Waals surface area contributed by atoms with E-state index in [1.54, 1.807) is 13.8 Å². The highest BCUT2D eigenvalue weighted by molar-refractivity contribution is 7.89. The Bertz CT molecular complexity index is 1160. The van der Waals surface area contributed by atoms with Crippen LogP contribution in [0.25, 0.3) is 0 Å². The molecule has 1 fully saturated rings. The van der Waals surface area contributed by atoms with Crippen molar-refractivity contribution in [3.8, 4) is 17.6 Å². The van der Waals surface area contributed by atoms with Crippen molar-refractivity contribution in [1.29, 1.82) is 5.26 Å². The summed E-state index contributed by atoms with van der Waals surface area (Å²) < 4.78 is 47.8. The van der Waals surface area contributed by atoms with E-state index >= 15 is 0 Å². The molecule has 1 aromatic carbocycles. The molecule has 11 heteroatoms. The lowest BCUT2D eigenvalue weighted by Crippen LogP contribution is -2.41. The summed E-state index contributed by atoms with van der Waals surface area (Å²) in [5.74, 6) is -1.44. The Hall–Kier alpha value is -3.36. The predicted molar refractivity (Wildman–Crippen MR) is 114 cm³/mol. The van der Waals surface area contributed by atoms with Gasteiger partial charge in [0, 0.05) is 19.2 Å². The third kappa shape index (κ3) is 5.53. The van der Waals surface area contributed by atoms with Gasteiger partial charge in [-0.3, -0.25) is 4.79 Å². The van der Waals surface area contributed by atoms with Crippen LogP contribution in [0.1, 0.15) is 42.8 Å². The molecule has 0 atom stereocenters. The topological polar surface area (TPSA) is 136 Å². The Kier molecular flexibility index (Phi) is 7.73. The van der Waals surface area contributed by atoms with Gasteiger partial charge >= 0.3 is 11.9 Å². The van der Waals surface area contributed by atoms with Crippen LogP contribution in [0, 0.1) is 17.2 Å². The molecule has 1 aliphatic heterocycles. The second-order valence-corrected chi connectivity index (χ2v) is 9.01. The molecule has 176 valence electrons. The maximum absolute atomic E-state index is 12.8. The Labute approximate surface area is 191 Å². The maximum atomic E-state index is 12.8. The van der Waals surface area contributed by atoms with E-state index in [-0.39, 0.29) is 49.1 Å². The summed E-state index contributed by atoms with van der Waals surface area (Å²) in [5.41, 5.74) is 0.376. The minimum Gasteiger partial charge on any atom is -0.490 e. The molecule has 0 saturated carbocycles. The Balaban J connectivity index is 1.63. The lowest BCUT2D eigenvalue weighted by molar-refractivity contribution is -0.140. The summed E-state index contributed by atoms with van der Waals surface area (Å²) in [5, 5.41) is 8.68. The molecule has 0 radical (unpaired) electrons. The number of sulfonamides is 1. The Morgan fingerprint density at radius 1 is 1.12 bits per heavy atom. The number of nitriles is 1. The van der Waals surface area contributed by atoms with Crippen molar-refractivity contribution in [1.82, 2.24) is 4.31 Å². The predicted octanol–water partition coefficient (Wildman–Crippen LogP) is 2.73. The molecule has 1 aliphatic rings. The number of esters is 2. The van der Waals surface area contributed by atoms with Gasteiger partial charge in [-0.1, -0.05) is 0 Å². The van der Waals surface area contributed by atoms with E-state index in [1.807, 2.05) is 6.07 Å². The normalized spacial score (nSPS) is 14.9. The zero-order chi connectivity index (χ0) is 24.0. The molecular formula is C22H24N2O8S. The van der Waals surface area contributed by atoms with Crippen molar-refractivity contribution >= 4 is 22.0 Å². The first-order valence-corrected chi connectivity index (χ1v) is 11.9. The van der Waals surface area contributed by atoms with Crippen molar-refractivity contribution in [2.24, 2.45) is 5.92 Å². The molecule has 33 heavy (non-hydrogen) atoms. The number of carbonyl (C=O) groups excluding carboxylic acids is 2. The molecule has 1 saturated heterocycles. The number of benzene rings is 1. The van der Waals surface area contributed by atoms with E-state index in [9.17, 15) is 18.0 Å². The van der Waals surface area contributed by atoms with Crippen molar-refractivity contribution in [2.75, 3.05) is 26.3 Å². The van der Waals surface area contributed by atoms with E-state index in [4.69, 9.17) is 23.9 Å². The van der Waals surface area contributed by atoms with Gasteiger partial charge in [-0.2, -0.15) is 9.57 Å². The smallest absolute Gasteiger partial charge is 0.374 e. The molecular weight excluding hydrogens is 452 g/mol. The fraction of sp³-hybridized carbons (Fsp3) is 0.409. The van der Waals surface area contributed by atoms with Gasteiger partial charge in [0.25, 0.3) is 10.0 Å². The first-order chi connectivity index (χ1) is 15.8. The fourth-order valence-electron chi connectivity index (χ4n) is 3.35. The molecule has 2 aromatic rings. The average Bonchev–Trinajstić information content (AvgIpc) is 3.32. The third-order valence-corrected chi connectivity index (χ3v) is 6.80. The number of rotatable bonds is 8. The number of ether oxygens (including phenoxy) is 3. The molecule has 0 spiro atoms. The molecule has 0 N–H and O–H groups in total. The monoisotopic (exact) mass is 476 g/mol. The van der Waals surface area contributed by atoms with Crippen LogP contribution in [-0.2, 0) is 19.6 Å². The Morgan fingerprint density at radius 3 is 2.48 bits per heavy atom. The van der Waals surface area contributed by atoms with Gasteiger partial charge in [-0.25, -0.2) is 13.2 Å². The van der Waals surface area contributed by atoms with Gasteiger partial charge in [-0.05, 0) is 51.0 Å². The average molecular weight is 477 g/mol. The largest absolute Gasteiger partial charge is 0.490 e. The number of piperidine rings is 1. The number of hydrogen-bond donors (Lipinski definition) is 0. The first-order valence-electron chi connectivity index (χ1n) is 10.5. The van der Waals surface area contributed by atoms with Gasteiger partial charge in [0.15, 0.2) is 11.5 Å². The van der Waals surface area contributed by atoms with Gasteiger partial charge in [0.1, 0.15) is 0 Å². The number of hydrogen-bond acceptors (Lipinski definition) is 9. The maximum Gasteiger partial charge on any atom is 0.374 e. The van der Waals surface area contributed by atoms with E-state index in [0.717, 1.165) is 0 Å². The number of carbonyl (C=O) groups is 2. The van der Waals surface area contributed by atoms with Crippen LogP contribution in [0.15, 0.2) is 39.8 Å². The van der Waals surface area contributed by atoms with Crippen molar-refractivity contribution in [3.63, 3.8) is 0 Å². The van der Waals surface area contributed by atoms with E-state index in [2.05, 4.69) is 0 Å². The Morgan fingerprint density at radius 2 is 1.85 bits per heavy atom. The fourth-order valence-corrected chi connectivity index (χ4v) is 4.73. The molecule has 0 amide bonds. The summed E-state index contributed by atoms with van der Waals surface area (Å²) in [6.07, 6.45) is 0.507. The van der Waals surface area contributed by atoms with E-state index < -0.39 is 27.9 Å². The molecule has 0 bridgehead atoms. The minimum atomic E-state index is -3.96. The summed E-state index contributed by atoms with van der Waals surface area (Å²) in [4.78, 5) is 24.4. The summed E-state index contributed by atoms with van der Waals surface area (Å²) in [7, 11) is -3.96. The van der Waals surface area contributed by atoms with Gasteiger partial charge in [-0.15, -0.1) is 0 Å². The second-order valence-electron chi connectivity index (χ2n) is 7.14. The highest BCUT2D eigenvalue weighted by Gasteiger charge is 2.35. The van der Waals surface area contributed by atoms with Crippen LogP contribution in [-0.4, -0.2) is 51.0 Å². The lowest BCUT2D eigenvalue weighted by atomic mass is 9.98. The van der Waals surface area contributed by atoms with Crippen LogP contribution in [0.3, 0.4) is 0 Å². The summed E-state index contributed by atoms with van der Waals surface area (Å²) >= 11 is 0. The highest BCUT2D eigenvalue weighted by Crippen LogP contribution is 2.31. The van der Waals surface area contributed by atoms with Crippen molar-refractivity contribution < 1.29 is 36.6 Å². The summed E-state index contributed by atoms with van der Waals surface area (Å²) in [6, 6.07) is 8.98. The zero-order valence-electron chi connectivity index (χ0n) is 18.3. The third-order valence-electron chi connectivity index (χ3n) is 5.02. The first kappa shape index (κ1) is 24.3. The highest BCUT2D eigenvalue weighted by atomic mass is 32.2. The van der Waals surface area contributed by atoms with Crippen LogP contribution < -0.4 is 9.47 Å². The molecule has 2 heterocycles. The molecule has 10 nitrogen and oxygen atoms in total. The zero-order valence-corrected chi connectivity index (χ0v) is 19.1. The lowest BCUT2D eigenvalue weighted by Gasteiger charge is -2.29. The SMILES string of the molecule is CCOC(=O)c1ccc(S(=O)(=O)N2CCC(C(=O)Oc3ccc(C#N)cc3OCC)CC2)o1. The van der Waals surface area contributed by atoms with Gasteiger partial charge in [0.2, 0.25) is 10.9 Å². The van der Waals surface area contributed by atoms with Crippen LogP contribution in [0.5, 0.6) is 11.5 Å². The van der Waals surface area contributed by atoms with Crippen LogP contribution in [0.2, 0.25) is 0 Å². The van der Waals surface area contributed by atoms with Gasteiger partial charge < -0.3 is 18.6 Å². The van der Waals surface area contributed by atoms with E-state index in [1.165, 1.54) is 34.6 Å². The van der Waals surface area contributed by atoms with Crippen LogP contribution in [0.4, 0.5) is 0 Å². The van der Waals surface area contributed by atoms with Crippen molar-refractivity contribution in [3.05, 3.63) is 41.7 Å². The molecule has 1 aromatic heterocycles. The minimum absolute atomic E-state index is 0.0865. The van der Waals surface area contributed by atoms with Gasteiger partial charge in [0.05, 0.1) is 30.8 Å². The summed E-state index contributed by atoms with van der Waals surface area (Å²) in [6.45, 7) is 4.05. The van der Waals surface area contributed by atoms with Crippen molar-refractivity contribution in [2.45, 2.75) is 31.8 Å². The molecule has 3 rings (SSSR count). The quantitative estimate of drug-likeness (QED) is 0.416. The van der Waals surface area contributed by atoms with Crippen LogP contribution >= 0.6 is 0 Å². The number of furan rings is 1. The van der Waals surface area contributed by atoms with E-state index in [0.29, 0.717) is 17.9 Å². The molecule has 0 aliphatic carbocycles.